The van der Waals surface area contributed by atoms with E-state index < -0.39 is 42.0 Å². The molecule has 2 N–H and O–H groups in total. The van der Waals surface area contributed by atoms with Crippen LogP contribution in [0.15, 0.2) is 0 Å². The number of rotatable bonds is 2. The summed E-state index contributed by atoms with van der Waals surface area (Å²) < 4.78 is 21.8. The highest BCUT2D eigenvalue weighted by molar-refractivity contribution is 5.73. The van der Waals surface area contributed by atoms with Crippen molar-refractivity contribution in [3.05, 3.63) is 0 Å². The van der Waals surface area contributed by atoms with E-state index in [2.05, 4.69) is 0 Å². The maximum Gasteiger partial charge on any atom is 0.335 e. The summed E-state index contributed by atoms with van der Waals surface area (Å²) in [7, 11) is 0. The second kappa shape index (κ2) is 4.68. The third kappa shape index (κ3) is 3.06. The summed E-state index contributed by atoms with van der Waals surface area (Å²) >= 11 is 0. The summed E-state index contributed by atoms with van der Waals surface area (Å²) in [5, 5.41) is 19.1. The molecule has 0 spiro atoms. The van der Waals surface area contributed by atoms with Gasteiger partial charge in [0, 0.05) is 0 Å². The molecule has 0 bridgehead atoms. The molecule has 0 saturated carbocycles. The van der Waals surface area contributed by atoms with Crippen LogP contribution in [0.5, 0.6) is 0 Å². The van der Waals surface area contributed by atoms with Crippen LogP contribution in [-0.2, 0) is 23.7 Å². The van der Waals surface area contributed by atoms with Gasteiger partial charge in [0.2, 0.25) is 0 Å². The Morgan fingerprint density at radius 1 is 1.05 bits per heavy atom. The summed E-state index contributed by atoms with van der Waals surface area (Å²) in [4.78, 5) is 11.2. The zero-order valence-corrected chi connectivity index (χ0v) is 11.5. The van der Waals surface area contributed by atoms with Gasteiger partial charge in [-0.1, -0.05) is 0 Å². The average molecular weight is 276 g/mol. The Hall–Kier alpha value is -0.730. The van der Waals surface area contributed by atoms with Crippen LogP contribution >= 0.6 is 0 Å². The fourth-order valence-electron chi connectivity index (χ4n) is 2.33. The van der Waals surface area contributed by atoms with E-state index in [0.717, 1.165) is 0 Å². The molecule has 2 heterocycles. The molecule has 2 fully saturated rings. The van der Waals surface area contributed by atoms with Crippen molar-refractivity contribution in [1.29, 1.82) is 0 Å². The van der Waals surface area contributed by atoms with Gasteiger partial charge in [0.25, 0.3) is 0 Å². The van der Waals surface area contributed by atoms with Crippen molar-refractivity contribution in [2.45, 2.75) is 63.7 Å². The van der Waals surface area contributed by atoms with Crippen molar-refractivity contribution in [2.24, 2.45) is 0 Å². The summed E-state index contributed by atoms with van der Waals surface area (Å²) in [6, 6.07) is 0. The molecule has 1 unspecified atom stereocenters. The molecule has 7 heteroatoms. The Labute approximate surface area is 111 Å². The molecular formula is C12H20O7. The van der Waals surface area contributed by atoms with Crippen LogP contribution < -0.4 is 0 Å². The van der Waals surface area contributed by atoms with Gasteiger partial charge >= 0.3 is 5.97 Å². The molecule has 0 amide bonds. The minimum atomic E-state index is -1.18. The molecule has 19 heavy (non-hydrogen) atoms. The van der Waals surface area contributed by atoms with Crippen LogP contribution in [-0.4, -0.2) is 58.8 Å². The van der Waals surface area contributed by atoms with E-state index in [4.69, 9.17) is 18.9 Å². The first-order chi connectivity index (χ1) is 8.61. The minimum Gasteiger partial charge on any atom is -0.479 e. The molecule has 2 saturated heterocycles. The van der Waals surface area contributed by atoms with Crippen LogP contribution in [0.3, 0.4) is 0 Å². The fourth-order valence-corrected chi connectivity index (χ4v) is 2.33. The number of carboxylic acids is 1. The topological polar surface area (TPSA) is 94.5 Å². The van der Waals surface area contributed by atoms with E-state index in [1.807, 2.05) is 0 Å². The SMILES string of the molecule is CC1(C)OC[C@H](O)[C@H]([C@@H]2OC(C)(C)OC2C(=O)O)O1. The van der Waals surface area contributed by atoms with Gasteiger partial charge in [0.05, 0.1) is 6.61 Å². The molecule has 0 aromatic heterocycles. The fraction of sp³-hybridized carbons (Fsp3) is 0.917. The van der Waals surface area contributed by atoms with E-state index in [1.165, 1.54) is 0 Å². The number of ether oxygens (including phenoxy) is 4. The van der Waals surface area contributed by atoms with Crippen molar-refractivity contribution < 1.29 is 34.0 Å². The minimum absolute atomic E-state index is 0.0598. The first-order valence-electron chi connectivity index (χ1n) is 6.20. The van der Waals surface area contributed by atoms with Crippen LogP contribution in [0, 0.1) is 0 Å². The zero-order valence-electron chi connectivity index (χ0n) is 11.5. The second-order valence-electron chi connectivity index (χ2n) is 5.72. The van der Waals surface area contributed by atoms with Gasteiger partial charge < -0.3 is 29.2 Å². The standard InChI is InChI=1S/C12H20O7/c1-11(2)16-5-6(13)7(17-11)8-9(10(14)15)19-12(3,4)18-8/h6-9,13H,5H2,1-4H3,(H,14,15)/t6-,7+,8-,9?/m0/s1. The zero-order chi connectivity index (χ0) is 14.4. The Morgan fingerprint density at radius 3 is 2.21 bits per heavy atom. The van der Waals surface area contributed by atoms with E-state index in [9.17, 15) is 15.0 Å². The largest absolute Gasteiger partial charge is 0.479 e. The molecule has 2 aliphatic heterocycles. The molecule has 0 aliphatic carbocycles. The average Bonchev–Trinajstić information content (AvgIpc) is 2.58. The summed E-state index contributed by atoms with van der Waals surface area (Å²) in [5.41, 5.74) is 0. The highest BCUT2D eigenvalue weighted by atomic mass is 16.8. The van der Waals surface area contributed by atoms with E-state index in [1.54, 1.807) is 27.7 Å². The Morgan fingerprint density at radius 2 is 1.63 bits per heavy atom. The van der Waals surface area contributed by atoms with Gasteiger partial charge in [0.1, 0.15) is 18.3 Å². The molecule has 0 aromatic carbocycles. The second-order valence-corrected chi connectivity index (χ2v) is 5.72. The predicted octanol–water partition coefficient (Wildman–Crippen LogP) is 0.103. The first-order valence-corrected chi connectivity index (χ1v) is 6.20. The van der Waals surface area contributed by atoms with Crippen LogP contribution in [0.1, 0.15) is 27.7 Å². The third-order valence-corrected chi connectivity index (χ3v) is 3.10. The lowest BCUT2D eigenvalue weighted by molar-refractivity contribution is -0.322. The van der Waals surface area contributed by atoms with Crippen molar-refractivity contribution in [2.75, 3.05) is 6.61 Å². The summed E-state index contributed by atoms with van der Waals surface area (Å²) in [6.07, 6.45) is -3.83. The molecule has 0 radical (unpaired) electrons. The number of carboxylic acid groups (broad SMARTS) is 1. The number of aliphatic carboxylic acids is 1. The molecule has 2 aliphatic rings. The lowest BCUT2D eigenvalue weighted by Crippen LogP contribution is -2.56. The normalized spacial score (nSPS) is 41.1. The number of carbonyl (C=O) groups is 1. The monoisotopic (exact) mass is 276 g/mol. The molecule has 4 atom stereocenters. The maximum absolute atomic E-state index is 11.2. The number of aliphatic hydroxyl groups excluding tert-OH is 1. The summed E-state index contributed by atoms with van der Waals surface area (Å²) in [6.45, 7) is 6.70. The quantitative estimate of drug-likeness (QED) is 0.738. The lowest BCUT2D eigenvalue weighted by atomic mass is 10.0. The predicted molar refractivity (Wildman–Crippen MR) is 62.4 cm³/mol. The van der Waals surface area contributed by atoms with E-state index in [-0.39, 0.29) is 6.61 Å². The van der Waals surface area contributed by atoms with Gasteiger partial charge in [-0.2, -0.15) is 0 Å². The highest BCUT2D eigenvalue weighted by Crippen LogP contribution is 2.35. The number of aliphatic hydroxyl groups is 1. The lowest BCUT2D eigenvalue weighted by Gasteiger charge is -2.41. The Balaban J connectivity index is 2.20. The van der Waals surface area contributed by atoms with Crippen LogP contribution in [0.25, 0.3) is 0 Å². The van der Waals surface area contributed by atoms with Crippen LogP contribution in [0.4, 0.5) is 0 Å². The van der Waals surface area contributed by atoms with Crippen molar-refractivity contribution in [3.8, 4) is 0 Å². The first kappa shape index (κ1) is 14.7. The molecule has 2 rings (SSSR count). The number of hydrogen-bond donors (Lipinski definition) is 2. The molecule has 7 nitrogen and oxygen atoms in total. The highest BCUT2D eigenvalue weighted by Gasteiger charge is 2.53. The number of hydrogen-bond acceptors (Lipinski definition) is 6. The van der Waals surface area contributed by atoms with Crippen molar-refractivity contribution >= 4 is 5.97 Å². The van der Waals surface area contributed by atoms with Crippen molar-refractivity contribution in [3.63, 3.8) is 0 Å². The van der Waals surface area contributed by atoms with E-state index >= 15 is 0 Å². The van der Waals surface area contributed by atoms with E-state index in [0.29, 0.717) is 0 Å². The molecule has 110 valence electrons. The maximum atomic E-state index is 11.2. The third-order valence-electron chi connectivity index (χ3n) is 3.10. The van der Waals surface area contributed by atoms with Crippen molar-refractivity contribution in [1.82, 2.24) is 0 Å². The van der Waals surface area contributed by atoms with Gasteiger partial charge in [-0.05, 0) is 27.7 Å². The van der Waals surface area contributed by atoms with Crippen LogP contribution in [0.2, 0.25) is 0 Å². The molecule has 0 aromatic rings. The van der Waals surface area contributed by atoms with Gasteiger partial charge in [-0.15, -0.1) is 0 Å². The summed E-state index contributed by atoms with van der Waals surface area (Å²) in [5.74, 6) is -3.07. The smallest absolute Gasteiger partial charge is 0.335 e. The van der Waals surface area contributed by atoms with Gasteiger partial charge in [-0.3, -0.25) is 0 Å². The Kier molecular flexibility index (Phi) is 3.61. The van der Waals surface area contributed by atoms with Gasteiger partial charge in [-0.25, -0.2) is 4.79 Å². The Bertz CT molecular complexity index is 365. The molecular weight excluding hydrogens is 256 g/mol. The van der Waals surface area contributed by atoms with Gasteiger partial charge in [0.15, 0.2) is 17.7 Å².